The maximum Gasteiger partial charge on any atom is 0.351 e. The van der Waals surface area contributed by atoms with Crippen LogP contribution >= 0.6 is 30.4 Å². The van der Waals surface area contributed by atoms with Crippen molar-refractivity contribution < 1.29 is 55.9 Å². The molecule has 0 atom stereocenters. The van der Waals surface area contributed by atoms with Gasteiger partial charge in [0.15, 0.2) is 0 Å². The van der Waals surface area contributed by atoms with E-state index in [1.54, 1.807) is 12.1 Å². The monoisotopic (exact) mass is 592 g/mol. The van der Waals surface area contributed by atoms with Gasteiger partial charge in [-0.3, -0.25) is 18.3 Å². The van der Waals surface area contributed by atoms with Gasteiger partial charge in [0.1, 0.15) is 0 Å². The Morgan fingerprint density at radius 1 is 0.639 bits per heavy atom. The molecular formula is C18H32N2O12P4. The van der Waals surface area contributed by atoms with Gasteiger partial charge in [0.25, 0.3) is 0 Å². The zero-order valence-electron chi connectivity index (χ0n) is 20.1. The SMILES string of the molecule is CCOP(=O)(OCC)C(C1=C(C(P(=O)(O)O)P(=O)(O)O)Nc2ccccc2N1)P(=O)(OCC)OCC. The third kappa shape index (κ3) is 6.97. The summed E-state index contributed by atoms with van der Waals surface area (Å²) in [6, 6.07) is 6.16. The molecule has 1 aliphatic heterocycles. The first kappa shape index (κ1) is 31.4. The Morgan fingerprint density at radius 2 is 0.944 bits per heavy atom. The van der Waals surface area contributed by atoms with Gasteiger partial charge in [0.2, 0.25) is 10.8 Å². The molecule has 1 aromatic carbocycles. The normalized spacial score (nSPS) is 15.2. The molecule has 0 saturated carbocycles. The lowest BCUT2D eigenvalue weighted by atomic mass is 10.2. The number of benzene rings is 1. The number of hydrogen-bond donors (Lipinski definition) is 6. The molecule has 0 fully saturated rings. The van der Waals surface area contributed by atoms with Crippen LogP contribution in [0.1, 0.15) is 27.7 Å². The van der Waals surface area contributed by atoms with E-state index in [4.69, 9.17) is 18.1 Å². The topological polar surface area (TPSA) is 210 Å². The van der Waals surface area contributed by atoms with Crippen molar-refractivity contribution in [2.75, 3.05) is 37.1 Å². The van der Waals surface area contributed by atoms with Crippen LogP contribution in [-0.4, -0.2) is 56.8 Å². The van der Waals surface area contributed by atoms with Gasteiger partial charge in [0.05, 0.1) is 49.2 Å². The molecule has 0 unspecified atom stereocenters. The van der Waals surface area contributed by atoms with Crippen molar-refractivity contribution in [3.63, 3.8) is 0 Å². The number of hydrogen-bond acceptors (Lipinski definition) is 10. The van der Waals surface area contributed by atoms with Gasteiger partial charge in [-0.25, -0.2) is 0 Å². The number of nitrogens with one attached hydrogen (secondary N) is 2. The molecule has 0 spiro atoms. The number of rotatable bonds is 14. The zero-order valence-corrected chi connectivity index (χ0v) is 23.7. The Balaban J connectivity index is 3.04. The molecule has 0 radical (unpaired) electrons. The molecule has 1 heterocycles. The summed E-state index contributed by atoms with van der Waals surface area (Å²) in [6.07, 6.45) is 0. The summed E-state index contributed by atoms with van der Waals surface area (Å²) in [4.78, 5) is 39.9. The van der Waals surface area contributed by atoms with Gasteiger partial charge >= 0.3 is 30.4 Å². The lowest BCUT2D eigenvalue weighted by molar-refractivity contribution is 0.198. The molecule has 0 aliphatic carbocycles. The third-order valence-corrected chi connectivity index (χ3v) is 14.2. The second kappa shape index (κ2) is 12.3. The first-order valence-corrected chi connectivity index (χ1v) is 17.5. The van der Waals surface area contributed by atoms with Crippen molar-refractivity contribution in [3.8, 4) is 0 Å². The van der Waals surface area contributed by atoms with Crippen molar-refractivity contribution in [2.45, 2.75) is 38.5 Å². The van der Waals surface area contributed by atoms with Crippen LogP contribution < -0.4 is 10.6 Å². The Labute approximate surface area is 209 Å². The summed E-state index contributed by atoms with van der Waals surface area (Å²) in [7, 11) is -20.3. The molecule has 0 bridgehead atoms. The van der Waals surface area contributed by atoms with Crippen molar-refractivity contribution in [1.29, 1.82) is 0 Å². The summed E-state index contributed by atoms with van der Waals surface area (Å²) >= 11 is 0. The van der Waals surface area contributed by atoms with Crippen LogP contribution in [0.15, 0.2) is 35.7 Å². The van der Waals surface area contributed by atoms with E-state index in [1.807, 2.05) is 0 Å². The highest BCUT2D eigenvalue weighted by molar-refractivity contribution is 7.73. The van der Waals surface area contributed by atoms with Crippen LogP contribution in [0.2, 0.25) is 0 Å². The van der Waals surface area contributed by atoms with Crippen LogP contribution in [0.4, 0.5) is 11.4 Å². The Hall–Kier alpha value is -0.840. The number of allylic oxidation sites excluding steroid dienone is 2. The van der Waals surface area contributed by atoms with Gasteiger partial charge in [-0.05, 0) is 39.8 Å². The first-order chi connectivity index (χ1) is 16.7. The molecule has 18 heteroatoms. The Morgan fingerprint density at radius 3 is 1.22 bits per heavy atom. The average molecular weight is 592 g/mol. The first-order valence-electron chi connectivity index (χ1n) is 10.9. The Kier molecular flexibility index (Phi) is 10.8. The molecule has 0 amide bonds. The van der Waals surface area contributed by atoms with E-state index in [0.29, 0.717) is 0 Å². The molecular weight excluding hydrogens is 560 g/mol. The smallest absolute Gasteiger partial charge is 0.351 e. The minimum absolute atomic E-state index is 0.187. The van der Waals surface area contributed by atoms with Crippen LogP contribution in [0.5, 0.6) is 0 Å². The van der Waals surface area contributed by atoms with E-state index in [-0.39, 0.29) is 37.8 Å². The van der Waals surface area contributed by atoms with Crippen LogP contribution in [0, 0.1) is 0 Å². The molecule has 0 aromatic heterocycles. The summed E-state index contributed by atoms with van der Waals surface area (Å²) in [6.45, 7) is 5.16. The van der Waals surface area contributed by atoms with E-state index in [0.717, 1.165) is 0 Å². The van der Waals surface area contributed by atoms with Gasteiger partial charge in [0, 0.05) is 0 Å². The number of fused-ring (bicyclic) bond motifs is 1. The van der Waals surface area contributed by atoms with Gasteiger partial charge < -0.3 is 48.3 Å². The highest BCUT2D eigenvalue weighted by Gasteiger charge is 2.58. The number of para-hydroxylation sites is 2. The number of anilines is 2. The molecule has 14 nitrogen and oxygen atoms in total. The largest absolute Gasteiger partial charge is 0.354 e. The predicted molar refractivity (Wildman–Crippen MR) is 134 cm³/mol. The van der Waals surface area contributed by atoms with Crippen molar-refractivity contribution in [1.82, 2.24) is 0 Å². The van der Waals surface area contributed by atoms with Gasteiger partial charge in [-0.2, -0.15) is 0 Å². The maximum absolute atomic E-state index is 14.1. The summed E-state index contributed by atoms with van der Waals surface area (Å²) < 4.78 is 74.7. The fourth-order valence-electron chi connectivity index (χ4n) is 3.63. The fraction of sp³-hybridized carbons (Fsp3) is 0.556. The van der Waals surface area contributed by atoms with Crippen molar-refractivity contribution in [2.24, 2.45) is 0 Å². The van der Waals surface area contributed by atoms with E-state index in [2.05, 4.69) is 10.6 Å². The van der Waals surface area contributed by atoms with E-state index < -0.39 is 52.6 Å². The Bertz CT molecular complexity index is 1070. The highest BCUT2D eigenvalue weighted by Crippen LogP contribution is 2.74. The van der Waals surface area contributed by atoms with Gasteiger partial charge in [-0.1, -0.05) is 12.1 Å². The lowest BCUT2D eigenvalue weighted by Gasteiger charge is -2.38. The average Bonchev–Trinajstić information content (AvgIpc) is 2.72. The molecule has 2 rings (SSSR count). The minimum atomic E-state index is -5.59. The van der Waals surface area contributed by atoms with E-state index >= 15 is 0 Å². The second-order valence-corrected chi connectivity index (χ2v) is 15.7. The van der Waals surface area contributed by atoms with Crippen LogP contribution in [0.25, 0.3) is 0 Å². The van der Waals surface area contributed by atoms with E-state index in [1.165, 1.54) is 39.8 Å². The summed E-state index contributed by atoms with van der Waals surface area (Å²) in [5, 5.41) is 0.666. The van der Waals surface area contributed by atoms with E-state index in [9.17, 15) is 37.8 Å². The van der Waals surface area contributed by atoms with Crippen molar-refractivity contribution in [3.05, 3.63) is 35.7 Å². The standard InChI is InChI=1S/C18H32N2O12P4/c1-5-29-35(27,30-6-2)18(36(28,31-7-3)32-8-4)16-15(17(33(21,22)23)34(24,25)26)19-13-11-9-10-12-14(13)20-16/h9-12,17-20H,5-8H2,1-4H3,(H2,21,22,23)(H2,24,25,26). The quantitative estimate of drug-likeness (QED) is 0.167. The van der Waals surface area contributed by atoms with Crippen LogP contribution in [-0.2, 0) is 36.4 Å². The summed E-state index contributed by atoms with van der Waals surface area (Å²) in [5.74, 6) is 0. The summed E-state index contributed by atoms with van der Waals surface area (Å²) in [5.41, 5.74) is -0.830. The van der Waals surface area contributed by atoms with Gasteiger partial charge in [-0.15, -0.1) is 0 Å². The zero-order chi connectivity index (χ0) is 27.4. The second-order valence-electron chi connectivity index (χ2n) is 7.30. The third-order valence-electron chi connectivity index (χ3n) is 4.74. The molecule has 206 valence electrons. The molecule has 1 aromatic rings. The molecule has 6 N–H and O–H groups in total. The highest BCUT2D eigenvalue weighted by atomic mass is 31.2. The maximum atomic E-state index is 14.1. The lowest BCUT2D eigenvalue weighted by Crippen LogP contribution is -2.33. The minimum Gasteiger partial charge on any atom is -0.354 e. The molecule has 36 heavy (non-hydrogen) atoms. The molecule has 0 saturated heterocycles. The fourth-order valence-corrected chi connectivity index (χ4v) is 11.7. The predicted octanol–water partition coefficient (Wildman–Crippen LogP) is 4.28. The molecule has 1 aliphatic rings. The van der Waals surface area contributed by atoms with Crippen LogP contribution in [0.3, 0.4) is 0 Å². The van der Waals surface area contributed by atoms with Crippen molar-refractivity contribution >= 4 is 41.8 Å².